The summed E-state index contributed by atoms with van der Waals surface area (Å²) in [5, 5.41) is 11.7. The van der Waals surface area contributed by atoms with Gasteiger partial charge in [0.25, 0.3) is 11.8 Å². The molecule has 0 unspecified atom stereocenters. The van der Waals surface area contributed by atoms with E-state index >= 15 is 0 Å². The number of amides is 2. The number of fused-ring (bicyclic) bond motifs is 2. The first-order valence-corrected chi connectivity index (χ1v) is 17.3. The maximum atomic E-state index is 13.2. The number of nitrogens with zero attached hydrogens (tertiary/aromatic N) is 6. The molecule has 0 saturated heterocycles. The summed E-state index contributed by atoms with van der Waals surface area (Å²) in [7, 11) is 6.53. The van der Waals surface area contributed by atoms with E-state index in [9.17, 15) is 23.5 Å². The maximum Gasteiger partial charge on any atom is 0.275 e. The summed E-state index contributed by atoms with van der Waals surface area (Å²) in [5.41, 5.74) is 5.90. The molecular weight excluding hydrogens is 703 g/mol. The quantitative estimate of drug-likeness (QED) is 0.163. The minimum absolute atomic E-state index is 0.0220. The molecule has 0 aliphatic rings. The van der Waals surface area contributed by atoms with Gasteiger partial charge in [0.05, 0.1) is 0 Å². The second-order valence-electron chi connectivity index (χ2n) is 13.2. The molecule has 10 nitrogen and oxygen atoms in total. The molecule has 7 rings (SSSR count). The monoisotopic (exact) mass is 740 g/mol. The highest BCUT2D eigenvalue weighted by Crippen LogP contribution is 2.30. The van der Waals surface area contributed by atoms with Gasteiger partial charge in [-0.2, -0.15) is 0 Å². The standard InChI is InChI=1S/C25H22FN3O2.C18H16FN3O2/c1-29(2)25(30)23-24(31-16-18-6-4-3-5-7-18)22-20(15-28-23)13-19(14-27-22)12-17-8-10-21(26)11-9-17;1-22(2)18(24)16-17(23)15-13(10-21-16)8-12(9-20-15)7-11-3-5-14(19)6-4-11/h3-11,13-15H,12,16H2,1-2H3;3-6,8-10,23H,7H2,1-2H3. The number of rotatable bonds is 9. The van der Waals surface area contributed by atoms with E-state index in [4.69, 9.17) is 4.74 Å². The highest BCUT2D eigenvalue weighted by atomic mass is 19.1. The van der Waals surface area contributed by atoms with Gasteiger partial charge < -0.3 is 19.6 Å². The van der Waals surface area contributed by atoms with Gasteiger partial charge >= 0.3 is 0 Å². The molecule has 3 aromatic carbocycles. The highest BCUT2D eigenvalue weighted by molar-refractivity contribution is 6.01. The molecule has 12 heteroatoms. The number of aromatic hydroxyl groups is 1. The molecule has 1 N–H and O–H groups in total. The molecule has 4 heterocycles. The predicted molar refractivity (Wildman–Crippen MR) is 206 cm³/mol. The van der Waals surface area contributed by atoms with E-state index in [1.54, 1.807) is 71.0 Å². The molecule has 0 atom stereocenters. The molecule has 4 aromatic heterocycles. The number of carbonyl (C=O) groups excluding carboxylic acids is 2. The van der Waals surface area contributed by atoms with Crippen LogP contribution in [0, 0.1) is 11.6 Å². The molecule has 0 spiro atoms. The molecule has 55 heavy (non-hydrogen) atoms. The van der Waals surface area contributed by atoms with Crippen molar-refractivity contribution in [1.29, 1.82) is 0 Å². The van der Waals surface area contributed by atoms with E-state index in [1.807, 2.05) is 42.5 Å². The first-order valence-electron chi connectivity index (χ1n) is 17.3. The number of halogens is 2. The Labute approximate surface area is 316 Å². The van der Waals surface area contributed by atoms with Gasteiger partial charge in [0.2, 0.25) is 0 Å². The number of benzene rings is 3. The Morgan fingerprint density at radius 3 is 1.58 bits per heavy atom. The summed E-state index contributed by atoms with van der Waals surface area (Å²) >= 11 is 0. The van der Waals surface area contributed by atoms with E-state index in [2.05, 4.69) is 19.9 Å². The Balaban J connectivity index is 0.000000193. The molecule has 0 radical (unpaired) electrons. The minimum Gasteiger partial charge on any atom is -0.504 e. The third-order valence-corrected chi connectivity index (χ3v) is 8.58. The molecule has 0 fully saturated rings. The van der Waals surface area contributed by atoms with Crippen LogP contribution in [0.25, 0.3) is 21.8 Å². The smallest absolute Gasteiger partial charge is 0.275 e. The van der Waals surface area contributed by atoms with Crippen molar-refractivity contribution in [2.75, 3.05) is 28.2 Å². The van der Waals surface area contributed by atoms with Crippen LogP contribution in [-0.4, -0.2) is 74.8 Å². The summed E-state index contributed by atoms with van der Waals surface area (Å²) in [4.78, 5) is 44.8. The molecule has 7 aromatic rings. The molecule has 0 saturated carbocycles. The van der Waals surface area contributed by atoms with Crippen molar-refractivity contribution < 1.29 is 28.2 Å². The third kappa shape index (κ3) is 9.22. The van der Waals surface area contributed by atoms with Crippen LogP contribution < -0.4 is 4.74 Å². The highest BCUT2D eigenvalue weighted by Gasteiger charge is 2.21. The lowest BCUT2D eigenvalue weighted by atomic mass is 10.0. The zero-order valence-electron chi connectivity index (χ0n) is 30.7. The first-order chi connectivity index (χ1) is 26.5. The van der Waals surface area contributed by atoms with Gasteiger partial charge in [-0.1, -0.05) is 54.6 Å². The minimum atomic E-state index is -0.383. The van der Waals surface area contributed by atoms with Crippen molar-refractivity contribution in [2.45, 2.75) is 19.4 Å². The second-order valence-corrected chi connectivity index (χ2v) is 13.2. The number of pyridine rings is 4. The Hall–Kier alpha value is -6.82. The largest absolute Gasteiger partial charge is 0.504 e. The maximum absolute atomic E-state index is 13.2. The SMILES string of the molecule is CN(C)C(=O)c1ncc2cc(Cc3ccc(F)cc3)cnc2c1O.CN(C)C(=O)c1ncc2cc(Cc3ccc(F)cc3)cnc2c1OCc1ccccc1. The number of aromatic nitrogens is 4. The van der Waals surface area contributed by atoms with Gasteiger partial charge in [0, 0.05) is 63.8 Å². The lowest BCUT2D eigenvalue weighted by molar-refractivity contribution is 0.0810. The van der Waals surface area contributed by atoms with Gasteiger partial charge in [-0.25, -0.2) is 18.7 Å². The number of carbonyl (C=O) groups is 2. The van der Waals surface area contributed by atoms with Crippen LogP contribution in [0.15, 0.2) is 116 Å². The molecule has 0 bridgehead atoms. The number of hydrogen-bond donors (Lipinski definition) is 1. The number of hydrogen-bond acceptors (Lipinski definition) is 8. The lowest BCUT2D eigenvalue weighted by Gasteiger charge is -2.16. The lowest BCUT2D eigenvalue weighted by Crippen LogP contribution is -2.23. The van der Waals surface area contributed by atoms with Crippen LogP contribution in [0.1, 0.15) is 48.8 Å². The Morgan fingerprint density at radius 2 is 1.05 bits per heavy atom. The second kappa shape index (κ2) is 16.9. The Bertz CT molecular complexity index is 2460. The molecule has 0 aliphatic carbocycles. The van der Waals surface area contributed by atoms with Crippen molar-refractivity contribution in [3.63, 3.8) is 0 Å². The topological polar surface area (TPSA) is 122 Å². The van der Waals surface area contributed by atoms with Crippen LogP contribution in [0.3, 0.4) is 0 Å². The van der Waals surface area contributed by atoms with Crippen LogP contribution >= 0.6 is 0 Å². The zero-order valence-corrected chi connectivity index (χ0v) is 30.7. The molecule has 2 amide bonds. The number of ether oxygens (including phenoxy) is 1. The fourth-order valence-corrected chi connectivity index (χ4v) is 5.72. The average molecular weight is 741 g/mol. The van der Waals surface area contributed by atoms with Crippen molar-refractivity contribution in [3.05, 3.63) is 167 Å². The van der Waals surface area contributed by atoms with Crippen molar-refractivity contribution in [2.24, 2.45) is 0 Å². The van der Waals surface area contributed by atoms with Crippen molar-refractivity contribution in [3.8, 4) is 11.5 Å². The predicted octanol–water partition coefficient (Wildman–Crippen LogP) is 7.41. The van der Waals surface area contributed by atoms with Gasteiger partial charge in [0.15, 0.2) is 22.9 Å². The van der Waals surface area contributed by atoms with Crippen LogP contribution in [-0.2, 0) is 19.4 Å². The van der Waals surface area contributed by atoms with Gasteiger partial charge in [-0.05, 0) is 77.1 Å². The summed E-state index contributed by atoms with van der Waals surface area (Å²) in [5.74, 6) is -1.02. The summed E-state index contributed by atoms with van der Waals surface area (Å²) in [6.07, 6.45) is 7.75. The summed E-state index contributed by atoms with van der Waals surface area (Å²) < 4.78 is 32.2. The van der Waals surface area contributed by atoms with Crippen LogP contribution in [0.2, 0.25) is 0 Å². The van der Waals surface area contributed by atoms with E-state index < -0.39 is 0 Å². The van der Waals surface area contributed by atoms with Gasteiger partial charge in [-0.15, -0.1) is 0 Å². The normalized spacial score (nSPS) is 10.8. The van der Waals surface area contributed by atoms with Crippen LogP contribution in [0.5, 0.6) is 11.5 Å². The fraction of sp³-hybridized carbons (Fsp3) is 0.163. The van der Waals surface area contributed by atoms with E-state index in [1.165, 1.54) is 40.3 Å². The van der Waals surface area contributed by atoms with Crippen LogP contribution in [0.4, 0.5) is 8.78 Å². The van der Waals surface area contributed by atoms with Crippen molar-refractivity contribution >= 4 is 33.6 Å². The molecule has 278 valence electrons. The van der Waals surface area contributed by atoms with Crippen molar-refractivity contribution in [1.82, 2.24) is 29.7 Å². The zero-order chi connectivity index (χ0) is 39.1. The average Bonchev–Trinajstić information content (AvgIpc) is 3.19. The van der Waals surface area contributed by atoms with E-state index in [0.717, 1.165) is 33.2 Å². The molecule has 0 aliphatic heterocycles. The third-order valence-electron chi connectivity index (χ3n) is 8.58. The van der Waals surface area contributed by atoms with Gasteiger partial charge in [-0.3, -0.25) is 19.6 Å². The van der Waals surface area contributed by atoms with E-state index in [0.29, 0.717) is 41.6 Å². The van der Waals surface area contributed by atoms with Gasteiger partial charge in [0.1, 0.15) is 29.3 Å². The Kier molecular flexibility index (Phi) is 11.6. The molecular formula is C43H38F2N6O4. The first kappa shape index (κ1) is 37.9. The van der Waals surface area contributed by atoms with E-state index in [-0.39, 0.29) is 40.6 Å². The summed E-state index contributed by atoms with van der Waals surface area (Å²) in [6.45, 7) is 0.300. The summed E-state index contributed by atoms with van der Waals surface area (Å²) in [6, 6.07) is 26.2. The fourth-order valence-electron chi connectivity index (χ4n) is 5.72. The Morgan fingerprint density at radius 1 is 0.582 bits per heavy atom.